The van der Waals surface area contributed by atoms with Crippen LogP contribution in [0.1, 0.15) is 39.0 Å². The quantitative estimate of drug-likeness (QED) is 0.669. The van der Waals surface area contributed by atoms with Gasteiger partial charge in [-0.15, -0.1) is 0 Å². The molecule has 5 heteroatoms. The number of hydrogen-bond acceptors (Lipinski definition) is 3. The zero-order valence-electron chi connectivity index (χ0n) is 13.6. The monoisotopic (exact) mass is 333 g/mol. The molecule has 0 aliphatic heterocycles. The van der Waals surface area contributed by atoms with Gasteiger partial charge in [0.05, 0.1) is 5.52 Å². The molecule has 0 spiro atoms. The van der Waals surface area contributed by atoms with Crippen molar-refractivity contribution in [3.8, 4) is 0 Å². The van der Waals surface area contributed by atoms with E-state index >= 15 is 0 Å². The van der Waals surface area contributed by atoms with Crippen molar-refractivity contribution in [2.24, 2.45) is 0 Å². The molecule has 1 aromatic heterocycles. The normalized spacial score (nSPS) is 10.7. The smallest absolute Gasteiger partial charge is 0.219 e. The van der Waals surface area contributed by atoms with Gasteiger partial charge in [-0.2, -0.15) is 0 Å². The number of carbonyl (C=O) groups is 1. The van der Waals surface area contributed by atoms with E-state index < -0.39 is 0 Å². The van der Waals surface area contributed by atoms with Crippen LogP contribution in [-0.4, -0.2) is 24.0 Å². The highest BCUT2D eigenvalue weighted by Gasteiger charge is 2.02. The van der Waals surface area contributed by atoms with Gasteiger partial charge in [0.25, 0.3) is 0 Å². The van der Waals surface area contributed by atoms with Gasteiger partial charge in [-0.25, -0.2) is 0 Å². The molecule has 0 atom stereocenters. The minimum absolute atomic E-state index is 0.164. The van der Waals surface area contributed by atoms with Crippen molar-refractivity contribution in [2.75, 3.05) is 18.4 Å². The highest BCUT2D eigenvalue weighted by Crippen LogP contribution is 2.24. The Morgan fingerprint density at radius 2 is 2.00 bits per heavy atom. The van der Waals surface area contributed by atoms with E-state index in [0.717, 1.165) is 55.4 Å². The second kappa shape index (κ2) is 9.36. The van der Waals surface area contributed by atoms with Gasteiger partial charge in [0, 0.05) is 41.8 Å². The van der Waals surface area contributed by atoms with Crippen molar-refractivity contribution >= 4 is 34.1 Å². The first kappa shape index (κ1) is 17.5. The Kier molecular flexibility index (Phi) is 7.14. The molecule has 0 saturated heterocycles. The second-order valence-corrected chi connectivity index (χ2v) is 6.04. The maximum absolute atomic E-state index is 11.5. The number of hydrogen-bond donors (Lipinski definition) is 2. The average molecular weight is 334 g/mol. The SMILES string of the molecule is CCCCC(=O)NCCCCNc1ccnc2cc(Cl)ccc12. The lowest BCUT2D eigenvalue weighted by molar-refractivity contribution is -0.121. The molecule has 2 rings (SSSR count). The highest BCUT2D eigenvalue weighted by molar-refractivity contribution is 6.31. The Morgan fingerprint density at radius 3 is 2.83 bits per heavy atom. The van der Waals surface area contributed by atoms with Gasteiger partial charge in [-0.05, 0) is 43.5 Å². The summed E-state index contributed by atoms with van der Waals surface area (Å²) in [6.07, 6.45) is 6.43. The molecule has 0 unspecified atom stereocenters. The lowest BCUT2D eigenvalue weighted by atomic mass is 10.2. The van der Waals surface area contributed by atoms with Gasteiger partial charge in [-0.1, -0.05) is 24.9 Å². The molecule has 2 aromatic rings. The summed E-state index contributed by atoms with van der Waals surface area (Å²) in [5.41, 5.74) is 1.96. The van der Waals surface area contributed by atoms with Crippen molar-refractivity contribution in [1.29, 1.82) is 0 Å². The number of rotatable bonds is 9. The van der Waals surface area contributed by atoms with Crippen LogP contribution in [0.3, 0.4) is 0 Å². The average Bonchev–Trinajstić information content (AvgIpc) is 2.55. The van der Waals surface area contributed by atoms with Crippen LogP contribution < -0.4 is 10.6 Å². The summed E-state index contributed by atoms with van der Waals surface area (Å²) in [5, 5.41) is 8.16. The Morgan fingerprint density at radius 1 is 1.17 bits per heavy atom. The van der Waals surface area contributed by atoms with E-state index in [9.17, 15) is 4.79 Å². The van der Waals surface area contributed by atoms with Gasteiger partial charge in [-0.3, -0.25) is 9.78 Å². The molecule has 0 fully saturated rings. The molecule has 0 saturated carbocycles. The zero-order valence-corrected chi connectivity index (χ0v) is 14.3. The molecule has 0 bridgehead atoms. The molecule has 124 valence electrons. The Balaban J connectivity index is 1.72. The predicted molar refractivity (Wildman–Crippen MR) is 97.0 cm³/mol. The lowest BCUT2D eigenvalue weighted by Gasteiger charge is -2.10. The number of nitrogens with zero attached hydrogens (tertiary/aromatic N) is 1. The summed E-state index contributed by atoms with van der Waals surface area (Å²) in [7, 11) is 0. The fourth-order valence-corrected chi connectivity index (χ4v) is 2.57. The largest absolute Gasteiger partial charge is 0.384 e. The molecule has 1 heterocycles. The molecular formula is C18H24ClN3O. The molecule has 4 nitrogen and oxygen atoms in total. The van der Waals surface area contributed by atoms with Crippen LogP contribution >= 0.6 is 11.6 Å². The molecule has 0 radical (unpaired) electrons. The van der Waals surface area contributed by atoms with E-state index in [1.54, 1.807) is 6.20 Å². The predicted octanol–water partition coefficient (Wildman–Crippen LogP) is 4.39. The van der Waals surface area contributed by atoms with E-state index in [-0.39, 0.29) is 5.91 Å². The van der Waals surface area contributed by atoms with Gasteiger partial charge in [0.2, 0.25) is 5.91 Å². The van der Waals surface area contributed by atoms with Crippen LogP contribution in [0.15, 0.2) is 30.5 Å². The Bertz CT molecular complexity index is 645. The summed E-state index contributed by atoms with van der Waals surface area (Å²) < 4.78 is 0. The number of benzene rings is 1. The highest BCUT2D eigenvalue weighted by atomic mass is 35.5. The zero-order chi connectivity index (χ0) is 16.5. The van der Waals surface area contributed by atoms with E-state index in [0.29, 0.717) is 11.4 Å². The first-order valence-electron chi connectivity index (χ1n) is 8.25. The fourth-order valence-electron chi connectivity index (χ4n) is 2.40. The molecule has 23 heavy (non-hydrogen) atoms. The third-order valence-corrected chi connectivity index (χ3v) is 3.94. The summed E-state index contributed by atoms with van der Waals surface area (Å²) >= 11 is 5.99. The number of pyridine rings is 1. The Hall–Kier alpha value is -1.81. The number of carbonyl (C=O) groups excluding carboxylic acids is 1. The van der Waals surface area contributed by atoms with Gasteiger partial charge in [0.1, 0.15) is 0 Å². The second-order valence-electron chi connectivity index (χ2n) is 5.61. The van der Waals surface area contributed by atoms with Crippen LogP contribution in [0.25, 0.3) is 10.9 Å². The van der Waals surface area contributed by atoms with Crippen LogP contribution in [0.5, 0.6) is 0 Å². The summed E-state index contributed by atoms with van der Waals surface area (Å²) in [6.45, 7) is 3.71. The van der Waals surface area contributed by atoms with E-state index in [1.165, 1.54) is 0 Å². The molecule has 1 aromatic carbocycles. The summed E-state index contributed by atoms with van der Waals surface area (Å²) in [6, 6.07) is 7.71. The van der Waals surface area contributed by atoms with Crippen molar-refractivity contribution in [1.82, 2.24) is 10.3 Å². The molecule has 2 N–H and O–H groups in total. The van der Waals surface area contributed by atoms with E-state index in [1.807, 2.05) is 24.3 Å². The van der Waals surface area contributed by atoms with Crippen LogP contribution in [0.2, 0.25) is 5.02 Å². The van der Waals surface area contributed by atoms with Gasteiger partial charge < -0.3 is 10.6 Å². The van der Waals surface area contributed by atoms with Crippen molar-refractivity contribution < 1.29 is 4.79 Å². The number of fused-ring (bicyclic) bond motifs is 1. The standard InChI is InChI=1S/C18H24ClN3O/c1-2-3-6-18(23)22-11-5-4-10-20-16-9-12-21-17-13-14(19)7-8-15(16)17/h7-9,12-13H,2-6,10-11H2,1H3,(H,20,21)(H,22,23). The number of nitrogens with one attached hydrogen (secondary N) is 2. The first-order valence-corrected chi connectivity index (χ1v) is 8.63. The van der Waals surface area contributed by atoms with Gasteiger partial charge >= 0.3 is 0 Å². The number of unbranched alkanes of at least 4 members (excludes halogenated alkanes) is 2. The van der Waals surface area contributed by atoms with E-state index in [4.69, 9.17) is 11.6 Å². The first-order chi connectivity index (χ1) is 11.2. The fraction of sp³-hybridized carbons (Fsp3) is 0.444. The molecular weight excluding hydrogens is 310 g/mol. The van der Waals surface area contributed by atoms with Crippen molar-refractivity contribution in [3.63, 3.8) is 0 Å². The topological polar surface area (TPSA) is 54.0 Å². The minimum atomic E-state index is 0.164. The van der Waals surface area contributed by atoms with Crippen molar-refractivity contribution in [3.05, 3.63) is 35.5 Å². The third kappa shape index (κ3) is 5.71. The number of anilines is 1. The number of aromatic nitrogens is 1. The maximum Gasteiger partial charge on any atom is 0.219 e. The van der Waals surface area contributed by atoms with Crippen LogP contribution in [0.4, 0.5) is 5.69 Å². The molecule has 0 aliphatic rings. The van der Waals surface area contributed by atoms with E-state index in [2.05, 4.69) is 22.5 Å². The molecule has 0 aliphatic carbocycles. The summed E-state index contributed by atoms with van der Waals surface area (Å²) in [5.74, 6) is 0.164. The summed E-state index contributed by atoms with van der Waals surface area (Å²) in [4.78, 5) is 15.8. The number of halogens is 1. The lowest BCUT2D eigenvalue weighted by Crippen LogP contribution is -2.24. The van der Waals surface area contributed by atoms with Crippen LogP contribution in [-0.2, 0) is 4.79 Å². The minimum Gasteiger partial charge on any atom is -0.384 e. The number of amides is 1. The maximum atomic E-state index is 11.5. The van der Waals surface area contributed by atoms with Crippen molar-refractivity contribution in [2.45, 2.75) is 39.0 Å². The van der Waals surface area contributed by atoms with Gasteiger partial charge in [0.15, 0.2) is 0 Å². The molecule has 1 amide bonds. The Labute approximate surface area is 142 Å². The van der Waals surface area contributed by atoms with Crippen LogP contribution in [0, 0.1) is 0 Å². The third-order valence-electron chi connectivity index (χ3n) is 3.70.